The van der Waals surface area contributed by atoms with E-state index in [0.717, 1.165) is 0 Å². The first-order chi connectivity index (χ1) is 10.0. The minimum atomic E-state index is -0.673. The number of ether oxygens (including phenoxy) is 1. The van der Waals surface area contributed by atoms with Gasteiger partial charge in [-0.25, -0.2) is 0 Å². The summed E-state index contributed by atoms with van der Waals surface area (Å²) >= 11 is 0. The van der Waals surface area contributed by atoms with Crippen molar-refractivity contribution in [2.24, 2.45) is 5.73 Å². The van der Waals surface area contributed by atoms with Crippen LogP contribution in [-0.2, 0) is 6.54 Å². The monoisotopic (exact) mass is 291 g/mol. The lowest BCUT2D eigenvalue weighted by Crippen LogP contribution is -2.09. The molecular formula is C13H13N3O5. The van der Waals surface area contributed by atoms with Crippen molar-refractivity contribution in [3.63, 3.8) is 0 Å². The number of furan rings is 1. The summed E-state index contributed by atoms with van der Waals surface area (Å²) in [5, 5.41) is 14.0. The molecule has 3 N–H and O–H groups in total. The average Bonchev–Trinajstić information content (AvgIpc) is 2.93. The van der Waals surface area contributed by atoms with E-state index in [1.165, 1.54) is 19.2 Å². The van der Waals surface area contributed by atoms with Gasteiger partial charge in [-0.1, -0.05) is 6.07 Å². The molecule has 2 aromatic rings. The van der Waals surface area contributed by atoms with E-state index in [1.807, 2.05) is 0 Å². The molecule has 0 radical (unpaired) electrons. The Morgan fingerprint density at radius 2 is 2.19 bits per heavy atom. The zero-order valence-electron chi connectivity index (χ0n) is 11.2. The summed E-state index contributed by atoms with van der Waals surface area (Å²) in [6, 6.07) is 7.70. The van der Waals surface area contributed by atoms with Crippen molar-refractivity contribution in [2.75, 3.05) is 12.4 Å². The maximum atomic E-state index is 11.1. The van der Waals surface area contributed by atoms with Crippen molar-refractivity contribution in [1.29, 1.82) is 0 Å². The molecule has 1 heterocycles. The van der Waals surface area contributed by atoms with Crippen LogP contribution in [0.25, 0.3) is 0 Å². The third kappa shape index (κ3) is 3.11. The number of nitrogens with zero attached hydrogens (tertiary/aromatic N) is 1. The second-order valence-corrected chi connectivity index (χ2v) is 4.10. The number of nitrogens with two attached hydrogens (primary N) is 1. The number of nitrogens with one attached hydrogen (secondary N) is 1. The Labute approximate surface area is 119 Å². The number of primary amides is 1. The quantitative estimate of drug-likeness (QED) is 0.619. The number of benzene rings is 1. The molecule has 1 aromatic heterocycles. The molecule has 1 amide bonds. The molecule has 0 bridgehead atoms. The van der Waals surface area contributed by atoms with Crippen LogP contribution in [0.5, 0.6) is 5.75 Å². The van der Waals surface area contributed by atoms with Gasteiger partial charge in [0.2, 0.25) is 0 Å². The van der Waals surface area contributed by atoms with Crippen molar-refractivity contribution in [3.8, 4) is 5.75 Å². The fourth-order valence-corrected chi connectivity index (χ4v) is 1.81. The number of rotatable bonds is 6. The Morgan fingerprint density at radius 1 is 1.43 bits per heavy atom. The van der Waals surface area contributed by atoms with Crippen molar-refractivity contribution < 1.29 is 18.9 Å². The first-order valence-corrected chi connectivity index (χ1v) is 5.96. The molecule has 0 saturated carbocycles. The average molecular weight is 291 g/mol. The number of carbonyl (C=O) groups excluding carboxylic acids is 1. The Bertz CT molecular complexity index is 680. The van der Waals surface area contributed by atoms with E-state index in [1.54, 1.807) is 18.2 Å². The molecule has 8 nitrogen and oxygen atoms in total. The number of nitro groups is 1. The summed E-state index contributed by atoms with van der Waals surface area (Å²) in [7, 11) is 1.36. The molecule has 8 heteroatoms. The van der Waals surface area contributed by atoms with Crippen molar-refractivity contribution in [2.45, 2.75) is 6.54 Å². The van der Waals surface area contributed by atoms with Crippen LogP contribution < -0.4 is 15.8 Å². The lowest BCUT2D eigenvalue weighted by molar-refractivity contribution is -0.384. The number of amides is 1. The third-order valence-electron chi connectivity index (χ3n) is 2.76. The van der Waals surface area contributed by atoms with Crippen LogP contribution in [0.15, 0.2) is 34.7 Å². The first kappa shape index (κ1) is 14.4. The van der Waals surface area contributed by atoms with Crippen LogP contribution in [0.4, 0.5) is 11.4 Å². The molecule has 0 fully saturated rings. The summed E-state index contributed by atoms with van der Waals surface area (Å²) < 4.78 is 10.2. The molecule has 0 aliphatic rings. The van der Waals surface area contributed by atoms with E-state index in [0.29, 0.717) is 5.76 Å². The summed E-state index contributed by atoms with van der Waals surface area (Å²) in [5.41, 5.74) is 5.20. The molecule has 110 valence electrons. The molecule has 0 aliphatic carbocycles. The van der Waals surface area contributed by atoms with Gasteiger partial charge in [-0.15, -0.1) is 0 Å². The van der Waals surface area contributed by atoms with Gasteiger partial charge in [0.15, 0.2) is 11.5 Å². The number of nitro benzene ring substituents is 1. The molecule has 0 unspecified atom stereocenters. The fourth-order valence-electron chi connectivity index (χ4n) is 1.81. The van der Waals surface area contributed by atoms with Crippen LogP contribution in [0.2, 0.25) is 0 Å². The Balaban J connectivity index is 2.19. The maximum absolute atomic E-state index is 11.1. The molecule has 0 spiro atoms. The molecule has 1 aromatic carbocycles. The Kier molecular flexibility index (Phi) is 4.07. The predicted molar refractivity (Wildman–Crippen MR) is 74.2 cm³/mol. The fraction of sp³-hybridized carbons (Fsp3) is 0.154. The number of anilines is 1. The molecule has 21 heavy (non-hydrogen) atoms. The topological polar surface area (TPSA) is 121 Å². The number of methoxy groups -OCH3 is 1. The van der Waals surface area contributed by atoms with E-state index < -0.39 is 10.8 Å². The minimum Gasteiger partial charge on any atom is -0.490 e. The SMILES string of the molecule is COc1cccc(NCc2ccc(C(N)=O)o2)c1[N+](=O)[O-]. The Hall–Kier alpha value is -3.03. The van der Waals surface area contributed by atoms with Gasteiger partial charge in [-0.2, -0.15) is 0 Å². The van der Waals surface area contributed by atoms with Gasteiger partial charge >= 0.3 is 5.69 Å². The molecule has 2 rings (SSSR count). The lowest BCUT2D eigenvalue weighted by atomic mass is 10.2. The number of hydrogen-bond acceptors (Lipinski definition) is 6. The van der Waals surface area contributed by atoms with E-state index in [-0.39, 0.29) is 29.4 Å². The maximum Gasteiger partial charge on any atom is 0.333 e. The van der Waals surface area contributed by atoms with Gasteiger partial charge in [0.05, 0.1) is 18.6 Å². The van der Waals surface area contributed by atoms with E-state index in [4.69, 9.17) is 14.9 Å². The van der Waals surface area contributed by atoms with Gasteiger partial charge in [0.25, 0.3) is 5.91 Å². The smallest absolute Gasteiger partial charge is 0.333 e. The van der Waals surface area contributed by atoms with Crippen molar-refractivity contribution >= 4 is 17.3 Å². The van der Waals surface area contributed by atoms with Crippen LogP contribution >= 0.6 is 0 Å². The molecular weight excluding hydrogens is 278 g/mol. The van der Waals surface area contributed by atoms with Crippen molar-refractivity contribution in [3.05, 3.63) is 52.0 Å². The van der Waals surface area contributed by atoms with Crippen LogP contribution in [0, 0.1) is 10.1 Å². The second kappa shape index (κ2) is 5.95. The number of carbonyl (C=O) groups is 1. The number of para-hydroxylation sites is 1. The van der Waals surface area contributed by atoms with E-state index in [2.05, 4.69) is 5.32 Å². The minimum absolute atomic E-state index is 0.0342. The van der Waals surface area contributed by atoms with Gasteiger partial charge in [-0.05, 0) is 24.3 Å². The highest BCUT2D eigenvalue weighted by Crippen LogP contribution is 2.34. The Morgan fingerprint density at radius 3 is 2.76 bits per heavy atom. The highest BCUT2D eigenvalue weighted by atomic mass is 16.6. The van der Waals surface area contributed by atoms with E-state index >= 15 is 0 Å². The highest BCUT2D eigenvalue weighted by Gasteiger charge is 2.20. The predicted octanol–water partition coefficient (Wildman–Crippen LogP) is 1.91. The van der Waals surface area contributed by atoms with Crippen LogP contribution in [-0.4, -0.2) is 17.9 Å². The van der Waals surface area contributed by atoms with Crippen LogP contribution in [0.3, 0.4) is 0 Å². The standard InChI is InChI=1S/C13H13N3O5/c1-20-10-4-2-3-9(12(10)16(18)19)15-7-8-5-6-11(21-8)13(14)17/h2-6,15H,7H2,1H3,(H2,14,17). The number of hydrogen-bond donors (Lipinski definition) is 2. The molecule has 0 aliphatic heterocycles. The van der Waals surface area contributed by atoms with Crippen LogP contribution in [0.1, 0.15) is 16.3 Å². The molecule has 0 atom stereocenters. The van der Waals surface area contributed by atoms with Crippen molar-refractivity contribution in [1.82, 2.24) is 0 Å². The third-order valence-corrected chi connectivity index (χ3v) is 2.76. The van der Waals surface area contributed by atoms with Gasteiger partial charge in [0, 0.05) is 0 Å². The summed E-state index contributed by atoms with van der Waals surface area (Å²) in [5.74, 6) is -0.0521. The second-order valence-electron chi connectivity index (χ2n) is 4.10. The first-order valence-electron chi connectivity index (χ1n) is 5.96. The summed E-state index contributed by atoms with van der Waals surface area (Å²) in [4.78, 5) is 21.5. The zero-order chi connectivity index (χ0) is 15.4. The van der Waals surface area contributed by atoms with Gasteiger partial charge in [0.1, 0.15) is 11.4 Å². The van der Waals surface area contributed by atoms with Gasteiger partial charge < -0.3 is 20.2 Å². The lowest BCUT2D eigenvalue weighted by Gasteiger charge is -2.08. The summed E-state index contributed by atoms with van der Waals surface area (Å²) in [6.07, 6.45) is 0. The van der Waals surface area contributed by atoms with Gasteiger partial charge in [-0.3, -0.25) is 14.9 Å². The normalized spacial score (nSPS) is 10.1. The highest BCUT2D eigenvalue weighted by molar-refractivity contribution is 5.89. The molecule has 0 saturated heterocycles. The van der Waals surface area contributed by atoms with E-state index in [9.17, 15) is 14.9 Å². The summed E-state index contributed by atoms with van der Waals surface area (Å²) in [6.45, 7) is 0.168. The zero-order valence-corrected chi connectivity index (χ0v) is 11.2. The largest absolute Gasteiger partial charge is 0.490 e.